The van der Waals surface area contributed by atoms with Gasteiger partial charge in [-0.15, -0.1) is 0 Å². The first-order chi connectivity index (χ1) is 13.3. The van der Waals surface area contributed by atoms with E-state index >= 15 is 0 Å². The zero-order chi connectivity index (χ0) is 20.2. The number of phenolic OH excluding ortho intramolecular Hbond substituents is 1. The number of carbonyl (C=O) groups is 2. The summed E-state index contributed by atoms with van der Waals surface area (Å²) in [4.78, 5) is 26.1. The molecule has 2 aliphatic rings. The predicted molar refractivity (Wildman–Crippen MR) is 103 cm³/mol. The standard InChI is InChI=1S/C21H18N2O5/c1-28-10-4-2-9(3-5-10)11-8-14(25)17-18(19(11)23)21(27)16-13(24)7-6-12(22)15(16)20(17)26/h2-5,8,24-25H,6-7,22-23H2,1H3. The van der Waals surface area contributed by atoms with Crippen LogP contribution in [0.25, 0.3) is 11.1 Å². The number of allylic oxidation sites excluding steroid dienone is 4. The lowest BCUT2D eigenvalue weighted by molar-refractivity contribution is 0.0963. The lowest BCUT2D eigenvalue weighted by Gasteiger charge is -2.27. The highest BCUT2D eigenvalue weighted by Crippen LogP contribution is 2.45. The third-order valence-corrected chi connectivity index (χ3v) is 5.15. The molecule has 0 radical (unpaired) electrons. The van der Waals surface area contributed by atoms with E-state index in [4.69, 9.17) is 16.2 Å². The zero-order valence-corrected chi connectivity index (χ0v) is 15.1. The van der Waals surface area contributed by atoms with Gasteiger partial charge in [0.15, 0.2) is 11.6 Å². The molecule has 0 unspecified atom stereocenters. The highest BCUT2D eigenvalue weighted by Gasteiger charge is 2.41. The van der Waals surface area contributed by atoms with Crippen LogP contribution in [0.5, 0.6) is 11.5 Å². The molecule has 0 saturated heterocycles. The topological polar surface area (TPSA) is 136 Å². The molecule has 142 valence electrons. The van der Waals surface area contributed by atoms with Gasteiger partial charge < -0.3 is 26.4 Å². The van der Waals surface area contributed by atoms with Crippen molar-refractivity contribution >= 4 is 17.3 Å². The second-order valence-corrected chi connectivity index (χ2v) is 6.72. The van der Waals surface area contributed by atoms with Gasteiger partial charge >= 0.3 is 0 Å². The quantitative estimate of drug-likeness (QED) is 0.466. The number of aliphatic hydroxyl groups is 1. The number of benzene rings is 2. The van der Waals surface area contributed by atoms with Crippen molar-refractivity contribution < 1.29 is 24.5 Å². The van der Waals surface area contributed by atoms with Crippen LogP contribution >= 0.6 is 0 Å². The predicted octanol–water partition coefficient (Wildman–Crippen LogP) is 2.85. The average molecular weight is 378 g/mol. The number of methoxy groups -OCH3 is 1. The number of nitrogen functional groups attached to an aromatic ring is 1. The van der Waals surface area contributed by atoms with Crippen LogP contribution in [0, 0.1) is 0 Å². The van der Waals surface area contributed by atoms with Crippen molar-refractivity contribution in [2.45, 2.75) is 12.8 Å². The molecule has 0 atom stereocenters. The van der Waals surface area contributed by atoms with Crippen molar-refractivity contribution in [2.75, 3.05) is 12.8 Å². The summed E-state index contributed by atoms with van der Waals surface area (Å²) in [5.74, 6) is -1.15. The molecule has 28 heavy (non-hydrogen) atoms. The van der Waals surface area contributed by atoms with E-state index in [-0.39, 0.29) is 58.0 Å². The summed E-state index contributed by atoms with van der Waals surface area (Å²) >= 11 is 0. The van der Waals surface area contributed by atoms with Crippen LogP contribution in [0.3, 0.4) is 0 Å². The van der Waals surface area contributed by atoms with Gasteiger partial charge in [0, 0.05) is 17.7 Å². The molecule has 0 aliphatic heterocycles. The molecule has 7 heteroatoms. The van der Waals surface area contributed by atoms with Crippen LogP contribution in [0.15, 0.2) is 52.9 Å². The minimum atomic E-state index is -0.618. The van der Waals surface area contributed by atoms with E-state index < -0.39 is 11.6 Å². The van der Waals surface area contributed by atoms with Gasteiger partial charge in [-0.05, 0) is 30.2 Å². The van der Waals surface area contributed by atoms with Crippen molar-refractivity contribution in [2.24, 2.45) is 5.73 Å². The summed E-state index contributed by atoms with van der Waals surface area (Å²) in [5, 5.41) is 20.8. The van der Waals surface area contributed by atoms with Gasteiger partial charge in [-0.2, -0.15) is 0 Å². The Hall–Kier alpha value is -3.74. The van der Waals surface area contributed by atoms with E-state index in [9.17, 15) is 19.8 Å². The number of rotatable bonds is 2. The average Bonchev–Trinajstić information content (AvgIpc) is 2.69. The van der Waals surface area contributed by atoms with E-state index in [0.717, 1.165) is 0 Å². The van der Waals surface area contributed by atoms with Crippen molar-refractivity contribution in [1.82, 2.24) is 0 Å². The highest BCUT2D eigenvalue weighted by atomic mass is 16.5. The van der Waals surface area contributed by atoms with Crippen LogP contribution in [0.1, 0.15) is 33.6 Å². The van der Waals surface area contributed by atoms with Crippen molar-refractivity contribution in [3.8, 4) is 22.6 Å². The lowest BCUT2D eigenvalue weighted by Crippen LogP contribution is -2.30. The number of ketones is 2. The molecule has 2 aliphatic carbocycles. The number of hydrogen-bond acceptors (Lipinski definition) is 7. The van der Waals surface area contributed by atoms with Crippen LogP contribution in [0.4, 0.5) is 5.69 Å². The number of aromatic hydroxyl groups is 1. The Bertz CT molecular complexity index is 1110. The molecule has 7 nitrogen and oxygen atoms in total. The number of nitrogens with two attached hydrogens (primary N) is 2. The third kappa shape index (κ3) is 2.36. The maximum absolute atomic E-state index is 13.1. The monoisotopic (exact) mass is 378 g/mol. The summed E-state index contributed by atoms with van der Waals surface area (Å²) in [6.07, 6.45) is 0.433. The Morgan fingerprint density at radius 1 is 0.929 bits per heavy atom. The van der Waals surface area contributed by atoms with E-state index in [1.807, 2.05) is 0 Å². The number of hydrogen-bond donors (Lipinski definition) is 4. The maximum atomic E-state index is 13.1. The fourth-order valence-electron chi connectivity index (χ4n) is 3.72. The first kappa shape index (κ1) is 17.7. The van der Waals surface area contributed by atoms with E-state index in [1.54, 1.807) is 31.4 Å². The number of phenols is 1. The molecule has 0 amide bonds. The van der Waals surface area contributed by atoms with E-state index in [0.29, 0.717) is 16.9 Å². The normalized spacial score (nSPS) is 16.2. The smallest absolute Gasteiger partial charge is 0.200 e. The second kappa shape index (κ2) is 6.16. The summed E-state index contributed by atoms with van der Waals surface area (Å²) in [6.45, 7) is 0. The summed E-state index contributed by atoms with van der Waals surface area (Å²) in [6, 6.07) is 8.25. The van der Waals surface area contributed by atoms with Gasteiger partial charge in [-0.1, -0.05) is 12.1 Å². The van der Waals surface area contributed by atoms with E-state index in [2.05, 4.69) is 0 Å². The second-order valence-electron chi connectivity index (χ2n) is 6.72. The molecule has 6 N–H and O–H groups in total. The van der Waals surface area contributed by atoms with Crippen LogP contribution < -0.4 is 16.2 Å². The Kier molecular flexibility index (Phi) is 3.88. The Morgan fingerprint density at radius 2 is 1.57 bits per heavy atom. The number of aliphatic hydroxyl groups excluding tert-OH is 1. The molecule has 2 aromatic carbocycles. The largest absolute Gasteiger partial charge is 0.512 e. The zero-order valence-electron chi connectivity index (χ0n) is 15.1. The fourth-order valence-corrected chi connectivity index (χ4v) is 3.72. The Balaban J connectivity index is 1.99. The third-order valence-electron chi connectivity index (χ3n) is 5.15. The van der Waals surface area contributed by atoms with Crippen LogP contribution in [0.2, 0.25) is 0 Å². The number of carbonyl (C=O) groups excluding carboxylic acids is 2. The molecular weight excluding hydrogens is 360 g/mol. The van der Waals surface area contributed by atoms with Crippen molar-refractivity contribution in [3.63, 3.8) is 0 Å². The molecular formula is C21H18N2O5. The van der Waals surface area contributed by atoms with Crippen LogP contribution in [-0.2, 0) is 0 Å². The Labute approximate surface area is 160 Å². The molecule has 0 aromatic heterocycles. The molecule has 0 spiro atoms. The minimum absolute atomic E-state index is 0.0480. The van der Waals surface area contributed by atoms with Gasteiger partial charge in [-0.25, -0.2) is 0 Å². The molecule has 2 aromatic rings. The first-order valence-electron chi connectivity index (χ1n) is 8.65. The molecule has 4 rings (SSSR count). The highest BCUT2D eigenvalue weighted by molar-refractivity contribution is 6.34. The summed E-state index contributed by atoms with van der Waals surface area (Å²) in [7, 11) is 1.54. The molecule has 0 saturated carbocycles. The van der Waals surface area contributed by atoms with Crippen LogP contribution in [-0.4, -0.2) is 28.9 Å². The van der Waals surface area contributed by atoms with E-state index in [1.165, 1.54) is 6.07 Å². The summed E-state index contributed by atoms with van der Waals surface area (Å²) < 4.78 is 5.13. The Morgan fingerprint density at radius 3 is 2.21 bits per heavy atom. The minimum Gasteiger partial charge on any atom is -0.512 e. The van der Waals surface area contributed by atoms with Gasteiger partial charge in [0.25, 0.3) is 0 Å². The van der Waals surface area contributed by atoms with Gasteiger partial charge in [0.05, 0.1) is 35.1 Å². The number of anilines is 1. The van der Waals surface area contributed by atoms with Gasteiger partial charge in [0.2, 0.25) is 0 Å². The molecule has 0 bridgehead atoms. The first-order valence-corrected chi connectivity index (χ1v) is 8.65. The number of fused-ring (bicyclic) bond motifs is 2. The van der Waals surface area contributed by atoms with Gasteiger partial charge in [-0.3, -0.25) is 9.59 Å². The molecule has 0 fully saturated rings. The SMILES string of the molecule is COc1ccc(-c2cc(O)c3c(c2N)C(=O)C2=C(O)CCC(N)=C2C3=O)cc1. The maximum Gasteiger partial charge on any atom is 0.200 e. The van der Waals surface area contributed by atoms with Crippen molar-refractivity contribution in [3.05, 3.63) is 64.1 Å². The summed E-state index contributed by atoms with van der Waals surface area (Å²) in [5.41, 5.74) is 13.0. The number of Topliss-reactive ketones (excluding diaryl/α,β-unsaturated/α-hetero) is 2. The lowest BCUT2D eigenvalue weighted by atomic mass is 9.75. The van der Waals surface area contributed by atoms with Gasteiger partial charge in [0.1, 0.15) is 17.3 Å². The molecule has 0 heterocycles. The fraction of sp³-hybridized carbons (Fsp3) is 0.143. The number of ether oxygens (including phenoxy) is 1. The van der Waals surface area contributed by atoms with Crippen molar-refractivity contribution in [1.29, 1.82) is 0 Å².